The SMILES string of the molecule is O=C(NCCC(O)C(O)c1ccc(C(F)(F)F)nc1)OCc1ccccc1. The lowest BCUT2D eigenvalue weighted by Gasteiger charge is -2.18. The van der Waals surface area contributed by atoms with Crippen LogP contribution in [0.4, 0.5) is 18.0 Å². The van der Waals surface area contributed by atoms with E-state index in [4.69, 9.17) is 4.74 Å². The summed E-state index contributed by atoms with van der Waals surface area (Å²) in [6.45, 7) is 0.106. The van der Waals surface area contributed by atoms with E-state index in [2.05, 4.69) is 10.3 Å². The molecule has 1 heterocycles. The Morgan fingerprint density at radius 2 is 1.85 bits per heavy atom. The molecule has 0 aliphatic carbocycles. The van der Waals surface area contributed by atoms with E-state index in [1.165, 1.54) is 0 Å². The van der Waals surface area contributed by atoms with Gasteiger partial charge in [0.1, 0.15) is 18.4 Å². The predicted octanol–water partition coefficient (Wildman–Crippen LogP) is 2.81. The lowest BCUT2D eigenvalue weighted by Crippen LogP contribution is -2.29. The van der Waals surface area contributed by atoms with Crippen LogP contribution < -0.4 is 5.32 Å². The highest BCUT2D eigenvalue weighted by atomic mass is 19.4. The van der Waals surface area contributed by atoms with Crippen LogP contribution in [0.2, 0.25) is 0 Å². The normalized spacial score (nSPS) is 13.7. The van der Waals surface area contributed by atoms with Crippen molar-refractivity contribution in [1.82, 2.24) is 10.3 Å². The highest BCUT2D eigenvalue weighted by molar-refractivity contribution is 5.67. The number of benzene rings is 1. The summed E-state index contributed by atoms with van der Waals surface area (Å²) in [6, 6.07) is 10.8. The van der Waals surface area contributed by atoms with Gasteiger partial charge in [0.15, 0.2) is 0 Å². The molecule has 0 saturated heterocycles. The molecule has 1 aromatic heterocycles. The molecule has 146 valence electrons. The fourth-order valence-electron chi connectivity index (χ4n) is 2.22. The monoisotopic (exact) mass is 384 g/mol. The van der Waals surface area contributed by atoms with Crippen LogP contribution in [0.1, 0.15) is 29.3 Å². The van der Waals surface area contributed by atoms with E-state index in [-0.39, 0.29) is 25.1 Å². The largest absolute Gasteiger partial charge is 0.445 e. The molecule has 0 aliphatic heterocycles. The Balaban J connectivity index is 1.74. The van der Waals surface area contributed by atoms with Gasteiger partial charge >= 0.3 is 12.3 Å². The number of pyridine rings is 1. The van der Waals surface area contributed by atoms with Gasteiger partial charge in [0.2, 0.25) is 0 Å². The summed E-state index contributed by atoms with van der Waals surface area (Å²) in [4.78, 5) is 14.8. The third-order valence-electron chi connectivity index (χ3n) is 3.70. The Kier molecular flexibility index (Phi) is 7.14. The lowest BCUT2D eigenvalue weighted by molar-refractivity contribution is -0.141. The molecule has 0 spiro atoms. The Labute approximate surface area is 153 Å². The molecule has 0 fully saturated rings. The molecule has 1 aromatic carbocycles. The topological polar surface area (TPSA) is 91.7 Å². The molecule has 27 heavy (non-hydrogen) atoms. The third-order valence-corrected chi connectivity index (χ3v) is 3.70. The van der Waals surface area contributed by atoms with E-state index >= 15 is 0 Å². The summed E-state index contributed by atoms with van der Waals surface area (Å²) in [5, 5.41) is 22.3. The maximum atomic E-state index is 12.5. The second-order valence-electron chi connectivity index (χ2n) is 5.76. The Hall–Kier alpha value is -2.65. The number of aliphatic hydroxyl groups excluding tert-OH is 2. The predicted molar refractivity (Wildman–Crippen MR) is 89.5 cm³/mol. The van der Waals surface area contributed by atoms with Crippen LogP contribution in [0.25, 0.3) is 0 Å². The minimum Gasteiger partial charge on any atom is -0.445 e. The number of alkyl carbamates (subject to hydrolysis) is 1. The lowest BCUT2D eigenvalue weighted by atomic mass is 10.0. The zero-order valence-corrected chi connectivity index (χ0v) is 14.2. The van der Waals surface area contributed by atoms with Crippen molar-refractivity contribution < 1.29 is 32.9 Å². The molecule has 9 heteroatoms. The van der Waals surface area contributed by atoms with Gasteiger partial charge in [0.25, 0.3) is 0 Å². The molecule has 0 aliphatic rings. The zero-order chi connectivity index (χ0) is 19.9. The van der Waals surface area contributed by atoms with Gasteiger partial charge in [-0.2, -0.15) is 13.2 Å². The number of nitrogens with zero attached hydrogens (tertiary/aromatic N) is 1. The summed E-state index contributed by atoms with van der Waals surface area (Å²) in [5.74, 6) is 0. The molecule has 1 amide bonds. The number of amides is 1. The number of halogens is 3. The van der Waals surface area contributed by atoms with Crippen LogP contribution in [0, 0.1) is 0 Å². The third kappa shape index (κ3) is 6.54. The van der Waals surface area contributed by atoms with Crippen molar-refractivity contribution in [3.05, 3.63) is 65.5 Å². The Bertz CT molecular complexity index is 724. The second-order valence-corrected chi connectivity index (χ2v) is 5.76. The summed E-state index contributed by atoms with van der Waals surface area (Å²) in [5.41, 5.74) is -0.226. The van der Waals surface area contributed by atoms with E-state index < -0.39 is 30.2 Å². The van der Waals surface area contributed by atoms with Gasteiger partial charge in [-0.15, -0.1) is 0 Å². The van der Waals surface area contributed by atoms with Crippen molar-refractivity contribution >= 4 is 6.09 Å². The van der Waals surface area contributed by atoms with E-state index in [0.717, 1.165) is 23.9 Å². The van der Waals surface area contributed by atoms with Gasteiger partial charge in [0.05, 0.1) is 6.10 Å². The van der Waals surface area contributed by atoms with Crippen LogP contribution in [0.3, 0.4) is 0 Å². The highest BCUT2D eigenvalue weighted by Crippen LogP contribution is 2.28. The van der Waals surface area contributed by atoms with Crippen molar-refractivity contribution in [2.75, 3.05) is 6.54 Å². The van der Waals surface area contributed by atoms with Gasteiger partial charge in [-0.1, -0.05) is 36.4 Å². The van der Waals surface area contributed by atoms with Gasteiger partial charge in [0, 0.05) is 18.3 Å². The summed E-state index contributed by atoms with van der Waals surface area (Å²) in [6.07, 6.45) is -7.15. The molecule has 6 nitrogen and oxygen atoms in total. The number of ether oxygens (including phenoxy) is 1. The molecule has 3 N–H and O–H groups in total. The summed E-state index contributed by atoms with van der Waals surface area (Å²) >= 11 is 0. The second kappa shape index (κ2) is 9.33. The first-order valence-electron chi connectivity index (χ1n) is 8.11. The molecular weight excluding hydrogens is 365 g/mol. The van der Waals surface area contributed by atoms with Crippen LogP contribution in [-0.2, 0) is 17.5 Å². The molecule has 2 rings (SSSR count). The molecule has 2 unspecified atom stereocenters. The molecule has 2 aromatic rings. The van der Waals surface area contributed by atoms with Crippen molar-refractivity contribution in [2.24, 2.45) is 0 Å². The Morgan fingerprint density at radius 3 is 2.44 bits per heavy atom. The van der Waals surface area contributed by atoms with E-state index in [1.807, 2.05) is 18.2 Å². The number of alkyl halides is 3. The number of aromatic nitrogens is 1. The van der Waals surface area contributed by atoms with Crippen molar-refractivity contribution in [3.63, 3.8) is 0 Å². The van der Waals surface area contributed by atoms with Crippen LogP contribution in [0.15, 0.2) is 48.7 Å². The molecule has 2 atom stereocenters. The number of carbonyl (C=O) groups is 1. The van der Waals surface area contributed by atoms with Crippen LogP contribution in [-0.4, -0.2) is 33.9 Å². The van der Waals surface area contributed by atoms with Gasteiger partial charge < -0.3 is 20.3 Å². The van der Waals surface area contributed by atoms with Gasteiger partial charge in [-0.3, -0.25) is 4.98 Å². The zero-order valence-electron chi connectivity index (χ0n) is 14.2. The molecule has 0 saturated carbocycles. The minimum absolute atomic E-state index is 0.0138. The van der Waals surface area contributed by atoms with Crippen molar-refractivity contribution in [1.29, 1.82) is 0 Å². The average Bonchev–Trinajstić information content (AvgIpc) is 2.66. The number of nitrogens with one attached hydrogen (secondary N) is 1. The van der Waals surface area contributed by atoms with Gasteiger partial charge in [-0.25, -0.2) is 4.79 Å². The maximum absolute atomic E-state index is 12.5. The minimum atomic E-state index is -4.58. The number of hydrogen-bond acceptors (Lipinski definition) is 5. The van der Waals surface area contributed by atoms with Crippen LogP contribution in [0.5, 0.6) is 0 Å². The maximum Gasteiger partial charge on any atom is 0.433 e. The number of carbonyl (C=O) groups excluding carboxylic acids is 1. The molecular formula is C18H19F3N2O4. The van der Waals surface area contributed by atoms with Crippen molar-refractivity contribution in [2.45, 2.75) is 31.4 Å². The summed E-state index contributed by atoms with van der Waals surface area (Å²) in [7, 11) is 0. The number of aliphatic hydroxyl groups is 2. The van der Waals surface area contributed by atoms with E-state index in [1.54, 1.807) is 12.1 Å². The number of hydrogen-bond donors (Lipinski definition) is 3. The van der Waals surface area contributed by atoms with Crippen molar-refractivity contribution in [3.8, 4) is 0 Å². The van der Waals surface area contributed by atoms with E-state index in [9.17, 15) is 28.2 Å². The first kappa shape index (κ1) is 20.7. The smallest absolute Gasteiger partial charge is 0.433 e. The fraction of sp³-hybridized carbons (Fsp3) is 0.333. The Morgan fingerprint density at radius 1 is 1.15 bits per heavy atom. The highest BCUT2D eigenvalue weighted by Gasteiger charge is 2.32. The molecule has 0 radical (unpaired) electrons. The van der Waals surface area contributed by atoms with Crippen LogP contribution >= 0.6 is 0 Å². The number of rotatable bonds is 7. The van der Waals surface area contributed by atoms with E-state index in [0.29, 0.717) is 0 Å². The first-order valence-corrected chi connectivity index (χ1v) is 8.11. The molecule has 0 bridgehead atoms. The van der Waals surface area contributed by atoms with Gasteiger partial charge in [-0.05, 0) is 18.1 Å². The quantitative estimate of drug-likeness (QED) is 0.683. The summed E-state index contributed by atoms with van der Waals surface area (Å²) < 4.78 is 42.4. The average molecular weight is 384 g/mol. The first-order chi connectivity index (χ1) is 12.8. The fourth-order valence-corrected chi connectivity index (χ4v) is 2.22. The standard InChI is InChI=1S/C18H19F3N2O4/c19-18(20,21)15-7-6-13(10-23-15)16(25)14(24)8-9-22-17(26)27-11-12-4-2-1-3-5-12/h1-7,10,14,16,24-25H,8-9,11H2,(H,22,26).